The highest BCUT2D eigenvalue weighted by atomic mass is 32.1. The summed E-state index contributed by atoms with van der Waals surface area (Å²) in [6.45, 7) is 4.36. The molecule has 0 saturated carbocycles. The maximum absolute atomic E-state index is 9.10. The van der Waals surface area contributed by atoms with Crippen molar-refractivity contribution in [3.63, 3.8) is 0 Å². The summed E-state index contributed by atoms with van der Waals surface area (Å²) in [5.74, 6) is -3.65. The Kier molecular flexibility index (Phi) is 6.97. The number of likely N-dealkylation sites (N-methyl/N-ethyl adjacent to an activating group) is 1. The minimum absolute atomic E-state index is 1.02. The standard InChI is InChI=1S/C11H17N3S.C2H2O4/c1-3-5-10-11(13-15-12-10)9-6-4-7-14(2)8-9;3-1(4)2(5)6/h6H,3-5,7-8H2,1-2H3;(H,3,4)(H,5,6). The number of nitrogens with zero attached hydrogens (tertiary/aromatic N) is 3. The zero-order valence-electron chi connectivity index (χ0n) is 12.1. The third kappa shape index (κ3) is 5.60. The van der Waals surface area contributed by atoms with Gasteiger partial charge in [-0.1, -0.05) is 19.4 Å². The van der Waals surface area contributed by atoms with E-state index in [1.807, 2.05) is 0 Å². The summed E-state index contributed by atoms with van der Waals surface area (Å²) < 4.78 is 8.81. The molecule has 0 radical (unpaired) electrons. The van der Waals surface area contributed by atoms with Crippen molar-refractivity contribution >= 4 is 29.2 Å². The van der Waals surface area contributed by atoms with Gasteiger partial charge in [0.1, 0.15) is 5.69 Å². The van der Waals surface area contributed by atoms with Crippen LogP contribution in [0.3, 0.4) is 0 Å². The van der Waals surface area contributed by atoms with E-state index in [0.717, 1.165) is 38.0 Å². The quantitative estimate of drug-likeness (QED) is 0.812. The Labute approximate surface area is 127 Å². The Morgan fingerprint density at radius 2 is 2.00 bits per heavy atom. The summed E-state index contributed by atoms with van der Waals surface area (Å²) in [5.41, 5.74) is 3.69. The van der Waals surface area contributed by atoms with Crippen molar-refractivity contribution in [2.24, 2.45) is 0 Å². The van der Waals surface area contributed by atoms with E-state index < -0.39 is 11.9 Å². The van der Waals surface area contributed by atoms with Crippen LogP contribution in [0.1, 0.15) is 31.2 Å². The minimum Gasteiger partial charge on any atom is -0.473 e. The first-order valence-electron chi connectivity index (χ1n) is 6.61. The van der Waals surface area contributed by atoms with Gasteiger partial charge < -0.3 is 15.1 Å². The summed E-state index contributed by atoms with van der Waals surface area (Å²) in [6, 6.07) is 0. The van der Waals surface area contributed by atoms with Crippen LogP contribution in [0.2, 0.25) is 0 Å². The highest BCUT2D eigenvalue weighted by molar-refractivity contribution is 6.99. The van der Waals surface area contributed by atoms with Gasteiger partial charge in [0.05, 0.1) is 17.4 Å². The molecule has 0 bridgehead atoms. The van der Waals surface area contributed by atoms with Crippen LogP contribution in [-0.2, 0) is 16.0 Å². The van der Waals surface area contributed by atoms with E-state index in [4.69, 9.17) is 19.8 Å². The van der Waals surface area contributed by atoms with Gasteiger partial charge in [-0.3, -0.25) is 0 Å². The molecule has 8 heteroatoms. The third-order valence-corrected chi connectivity index (χ3v) is 3.44. The van der Waals surface area contributed by atoms with Crippen molar-refractivity contribution in [1.29, 1.82) is 0 Å². The summed E-state index contributed by atoms with van der Waals surface area (Å²) in [4.78, 5) is 20.5. The van der Waals surface area contributed by atoms with E-state index in [1.165, 1.54) is 23.0 Å². The Hall–Kier alpha value is -1.80. The maximum Gasteiger partial charge on any atom is 0.414 e. The molecule has 0 unspecified atom stereocenters. The summed E-state index contributed by atoms with van der Waals surface area (Å²) in [7, 11) is 2.16. The van der Waals surface area contributed by atoms with Crippen LogP contribution in [-0.4, -0.2) is 55.9 Å². The molecule has 0 spiro atoms. The number of carboxylic acids is 2. The predicted octanol–water partition coefficient (Wildman–Crippen LogP) is 1.37. The molecule has 0 amide bonds. The normalized spacial score (nSPS) is 14.9. The molecule has 116 valence electrons. The van der Waals surface area contributed by atoms with Crippen molar-refractivity contribution in [3.8, 4) is 0 Å². The predicted molar refractivity (Wildman–Crippen MR) is 79.3 cm³/mol. The van der Waals surface area contributed by atoms with Crippen molar-refractivity contribution in [1.82, 2.24) is 13.6 Å². The molecule has 1 aromatic rings. The molecule has 1 aliphatic heterocycles. The van der Waals surface area contributed by atoms with Crippen LogP contribution >= 0.6 is 11.7 Å². The van der Waals surface area contributed by atoms with Gasteiger partial charge in [0.15, 0.2) is 0 Å². The third-order valence-electron chi connectivity index (χ3n) is 2.87. The lowest BCUT2D eigenvalue weighted by atomic mass is 10.0. The Balaban J connectivity index is 0.000000315. The van der Waals surface area contributed by atoms with E-state index in [-0.39, 0.29) is 0 Å². The van der Waals surface area contributed by atoms with Gasteiger partial charge in [0.2, 0.25) is 0 Å². The largest absolute Gasteiger partial charge is 0.473 e. The first-order chi connectivity index (χ1) is 9.95. The average Bonchev–Trinajstić information content (AvgIpc) is 2.88. The van der Waals surface area contributed by atoms with E-state index in [0.29, 0.717) is 0 Å². The second-order valence-corrected chi connectivity index (χ2v) is 5.20. The number of hydrogen-bond donors (Lipinski definition) is 2. The van der Waals surface area contributed by atoms with Crippen LogP contribution in [0.15, 0.2) is 6.08 Å². The highest BCUT2D eigenvalue weighted by Gasteiger charge is 2.16. The van der Waals surface area contributed by atoms with Gasteiger partial charge in [-0.25, -0.2) is 9.59 Å². The van der Waals surface area contributed by atoms with E-state index in [1.54, 1.807) is 0 Å². The molecule has 21 heavy (non-hydrogen) atoms. The van der Waals surface area contributed by atoms with Gasteiger partial charge in [-0.2, -0.15) is 8.75 Å². The fourth-order valence-corrected chi connectivity index (χ4v) is 2.54. The highest BCUT2D eigenvalue weighted by Crippen LogP contribution is 2.22. The van der Waals surface area contributed by atoms with Crippen LogP contribution in [0.4, 0.5) is 0 Å². The van der Waals surface area contributed by atoms with Crippen LogP contribution < -0.4 is 0 Å². The fourth-order valence-electron chi connectivity index (χ4n) is 1.92. The maximum atomic E-state index is 9.10. The lowest BCUT2D eigenvalue weighted by molar-refractivity contribution is -0.159. The first kappa shape index (κ1) is 17.3. The van der Waals surface area contributed by atoms with Crippen molar-refractivity contribution in [2.75, 3.05) is 20.1 Å². The molecule has 2 N–H and O–H groups in total. The van der Waals surface area contributed by atoms with E-state index in [9.17, 15) is 0 Å². The number of aryl methyl sites for hydroxylation is 1. The first-order valence-corrected chi connectivity index (χ1v) is 7.34. The number of aliphatic carboxylic acids is 2. The minimum atomic E-state index is -1.82. The molecule has 2 heterocycles. The Morgan fingerprint density at radius 3 is 2.52 bits per heavy atom. The average molecular weight is 313 g/mol. The summed E-state index contributed by atoms with van der Waals surface area (Å²) in [5, 5.41) is 14.8. The number of rotatable bonds is 3. The smallest absolute Gasteiger partial charge is 0.414 e. The van der Waals surface area contributed by atoms with E-state index in [2.05, 4.69) is 33.7 Å². The molecule has 0 fully saturated rings. The van der Waals surface area contributed by atoms with Crippen LogP contribution in [0, 0.1) is 0 Å². The molecular weight excluding hydrogens is 294 g/mol. The molecule has 0 saturated heterocycles. The molecule has 0 atom stereocenters. The number of carboxylic acid groups (broad SMARTS) is 2. The molecular formula is C13H19N3O4S. The number of hydrogen-bond acceptors (Lipinski definition) is 6. The molecule has 0 aromatic carbocycles. The van der Waals surface area contributed by atoms with Gasteiger partial charge in [-0.05, 0) is 25.5 Å². The SMILES string of the molecule is CCCc1nsnc1C1=CCCN(C)C1.O=C(O)C(=O)O. The van der Waals surface area contributed by atoms with E-state index >= 15 is 0 Å². The van der Waals surface area contributed by atoms with Gasteiger partial charge in [-0.15, -0.1) is 0 Å². The topological polar surface area (TPSA) is 104 Å². The van der Waals surface area contributed by atoms with Crippen molar-refractivity contribution < 1.29 is 19.8 Å². The van der Waals surface area contributed by atoms with Crippen molar-refractivity contribution in [3.05, 3.63) is 17.5 Å². The summed E-state index contributed by atoms with van der Waals surface area (Å²) in [6.07, 6.45) is 5.64. The summed E-state index contributed by atoms with van der Waals surface area (Å²) >= 11 is 1.34. The monoisotopic (exact) mass is 313 g/mol. The molecule has 0 aliphatic carbocycles. The van der Waals surface area contributed by atoms with Crippen molar-refractivity contribution in [2.45, 2.75) is 26.2 Å². The molecule has 1 aliphatic rings. The second kappa shape index (κ2) is 8.48. The van der Waals surface area contributed by atoms with Gasteiger partial charge in [0.25, 0.3) is 0 Å². The van der Waals surface area contributed by atoms with Crippen LogP contribution in [0.5, 0.6) is 0 Å². The number of carbonyl (C=O) groups is 2. The van der Waals surface area contributed by atoms with Crippen LogP contribution in [0.25, 0.3) is 5.57 Å². The Bertz CT molecular complexity index is 515. The Morgan fingerprint density at radius 1 is 1.33 bits per heavy atom. The number of aromatic nitrogens is 2. The molecule has 2 rings (SSSR count). The lowest BCUT2D eigenvalue weighted by Crippen LogP contribution is -2.25. The van der Waals surface area contributed by atoms with Gasteiger partial charge in [0, 0.05) is 13.1 Å². The zero-order chi connectivity index (χ0) is 15.8. The fraction of sp³-hybridized carbons (Fsp3) is 0.538. The second-order valence-electron chi connectivity index (χ2n) is 4.68. The zero-order valence-corrected chi connectivity index (χ0v) is 12.9. The lowest BCUT2D eigenvalue weighted by Gasteiger charge is -2.22. The molecule has 7 nitrogen and oxygen atoms in total. The molecule has 1 aromatic heterocycles. The van der Waals surface area contributed by atoms with Gasteiger partial charge >= 0.3 is 11.9 Å².